The summed E-state index contributed by atoms with van der Waals surface area (Å²) in [6.07, 6.45) is -4.65. The molecule has 3 aromatic rings. The van der Waals surface area contributed by atoms with Crippen LogP contribution in [0.15, 0.2) is 48.5 Å². The van der Waals surface area contributed by atoms with Crippen molar-refractivity contribution in [2.24, 2.45) is 0 Å². The second-order valence-electron chi connectivity index (χ2n) is 4.42. The van der Waals surface area contributed by atoms with Crippen LogP contribution in [0.4, 0.5) is 13.2 Å². The second-order valence-corrected chi connectivity index (χ2v) is 4.86. The molecule has 112 valence electrons. The van der Waals surface area contributed by atoms with E-state index in [1.165, 1.54) is 6.07 Å². The highest BCUT2D eigenvalue weighted by molar-refractivity contribution is 6.30. The number of halogens is 4. The van der Waals surface area contributed by atoms with Crippen molar-refractivity contribution < 1.29 is 17.9 Å². The SMILES string of the molecule is FC(F)(F)c1nc(Oc2ccc(Cl)cc2)c2ccccc2n1. The monoisotopic (exact) mass is 324 g/mol. The average molecular weight is 325 g/mol. The summed E-state index contributed by atoms with van der Waals surface area (Å²) in [5, 5.41) is 0.890. The van der Waals surface area contributed by atoms with E-state index in [1.54, 1.807) is 42.5 Å². The molecule has 0 spiro atoms. The van der Waals surface area contributed by atoms with Gasteiger partial charge >= 0.3 is 6.18 Å². The Bertz CT molecular complexity index is 819. The molecule has 0 bridgehead atoms. The van der Waals surface area contributed by atoms with Gasteiger partial charge in [0.05, 0.1) is 10.9 Å². The highest BCUT2D eigenvalue weighted by Crippen LogP contribution is 2.33. The maximum Gasteiger partial charge on any atom is 0.451 e. The molecule has 0 atom stereocenters. The van der Waals surface area contributed by atoms with Crippen LogP contribution in [0.3, 0.4) is 0 Å². The molecule has 0 unspecified atom stereocenters. The van der Waals surface area contributed by atoms with Gasteiger partial charge in [0.2, 0.25) is 11.7 Å². The van der Waals surface area contributed by atoms with Gasteiger partial charge in [0.1, 0.15) is 5.75 Å². The summed E-state index contributed by atoms with van der Waals surface area (Å²) in [4.78, 5) is 7.02. The summed E-state index contributed by atoms with van der Waals surface area (Å²) < 4.78 is 44.1. The predicted octanol–water partition coefficient (Wildman–Crippen LogP) is 5.09. The third kappa shape index (κ3) is 2.96. The summed E-state index contributed by atoms with van der Waals surface area (Å²) in [5.74, 6) is -1.06. The zero-order chi connectivity index (χ0) is 15.7. The first kappa shape index (κ1) is 14.6. The van der Waals surface area contributed by atoms with Crippen LogP contribution >= 0.6 is 11.6 Å². The van der Waals surface area contributed by atoms with E-state index in [0.29, 0.717) is 16.2 Å². The molecule has 1 aromatic heterocycles. The van der Waals surface area contributed by atoms with Crippen LogP contribution in [-0.4, -0.2) is 9.97 Å². The van der Waals surface area contributed by atoms with E-state index < -0.39 is 12.0 Å². The van der Waals surface area contributed by atoms with E-state index in [2.05, 4.69) is 9.97 Å². The molecule has 7 heteroatoms. The van der Waals surface area contributed by atoms with Crippen molar-refractivity contribution in [2.45, 2.75) is 6.18 Å². The van der Waals surface area contributed by atoms with Crippen LogP contribution in [0.1, 0.15) is 5.82 Å². The molecule has 1 heterocycles. The fraction of sp³-hybridized carbons (Fsp3) is 0.0667. The van der Waals surface area contributed by atoms with Crippen molar-refractivity contribution in [1.82, 2.24) is 9.97 Å². The molecule has 0 amide bonds. The minimum atomic E-state index is -4.65. The topological polar surface area (TPSA) is 35.0 Å². The summed E-state index contributed by atoms with van der Waals surface area (Å²) in [6.45, 7) is 0. The van der Waals surface area contributed by atoms with Crippen LogP contribution in [0.2, 0.25) is 5.02 Å². The number of nitrogens with zero attached hydrogens (tertiary/aromatic N) is 2. The van der Waals surface area contributed by atoms with Crippen LogP contribution in [0, 0.1) is 0 Å². The van der Waals surface area contributed by atoms with Gasteiger partial charge in [-0.25, -0.2) is 4.98 Å². The number of ether oxygens (including phenoxy) is 1. The Labute approximate surface area is 128 Å². The quantitative estimate of drug-likeness (QED) is 0.658. The third-order valence-electron chi connectivity index (χ3n) is 2.85. The molecule has 2 aromatic carbocycles. The van der Waals surface area contributed by atoms with Gasteiger partial charge in [-0.1, -0.05) is 23.7 Å². The number of hydrogen-bond acceptors (Lipinski definition) is 3. The van der Waals surface area contributed by atoms with E-state index in [0.717, 1.165) is 0 Å². The first-order valence-corrected chi connectivity index (χ1v) is 6.59. The van der Waals surface area contributed by atoms with Crippen molar-refractivity contribution in [3.05, 3.63) is 59.4 Å². The molecule has 0 saturated heterocycles. The van der Waals surface area contributed by atoms with Gasteiger partial charge in [0.25, 0.3) is 0 Å². The largest absolute Gasteiger partial charge is 0.451 e. The Morgan fingerprint density at radius 3 is 2.27 bits per heavy atom. The van der Waals surface area contributed by atoms with Gasteiger partial charge in [0.15, 0.2) is 0 Å². The number of benzene rings is 2. The number of para-hydroxylation sites is 1. The lowest BCUT2D eigenvalue weighted by Gasteiger charge is -2.11. The Kier molecular flexibility index (Phi) is 3.62. The first-order chi connectivity index (χ1) is 10.4. The van der Waals surface area contributed by atoms with E-state index >= 15 is 0 Å². The fourth-order valence-electron chi connectivity index (χ4n) is 1.87. The lowest BCUT2D eigenvalue weighted by atomic mass is 10.2. The summed E-state index contributed by atoms with van der Waals surface area (Å²) in [7, 11) is 0. The fourth-order valence-corrected chi connectivity index (χ4v) is 1.99. The molecular weight excluding hydrogens is 317 g/mol. The second kappa shape index (κ2) is 5.46. The molecule has 22 heavy (non-hydrogen) atoms. The van der Waals surface area contributed by atoms with E-state index in [9.17, 15) is 13.2 Å². The summed E-state index contributed by atoms with van der Waals surface area (Å²) in [5.41, 5.74) is 0.161. The van der Waals surface area contributed by atoms with Gasteiger partial charge < -0.3 is 4.74 Å². The lowest BCUT2D eigenvalue weighted by Crippen LogP contribution is -2.11. The summed E-state index contributed by atoms with van der Waals surface area (Å²) >= 11 is 5.76. The number of alkyl halides is 3. The maximum absolute atomic E-state index is 12.9. The Morgan fingerprint density at radius 2 is 1.59 bits per heavy atom. The smallest absolute Gasteiger partial charge is 0.438 e. The third-order valence-corrected chi connectivity index (χ3v) is 3.10. The van der Waals surface area contributed by atoms with Crippen molar-refractivity contribution in [2.75, 3.05) is 0 Å². The van der Waals surface area contributed by atoms with E-state index in [4.69, 9.17) is 16.3 Å². The van der Waals surface area contributed by atoms with Crippen LogP contribution in [-0.2, 0) is 6.18 Å². The van der Waals surface area contributed by atoms with Gasteiger partial charge in [-0.05, 0) is 36.4 Å². The van der Waals surface area contributed by atoms with Gasteiger partial charge in [0, 0.05) is 5.02 Å². The van der Waals surface area contributed by atoms with E-state index in [-0.39, 0.29) is 11.4 Å². The average Bonchev–Trinajstić information content (AvgIpc) is 2.48. The summed E-state index contributed by atoms with van der Waals surface area (Å²) in [6, 6.07) is 12.6. The molecule has 3 nitrogen and oxygen atoms in total. The molecular formula is C15H8ClF3N2O. The minimum absolute atomic E-state index is 0.153. The van der Waals surface area contributed by atoms with Gasteiger partial charge in [-0.2, -0.15) is 18.2 Å². The first-order valence-electron chi connectivity index (χ1n) is 6.21. The van der Waals surface area contributed by atoms with Crippen molar-refractivity contribution in [1.29, 1.82) is 0 Å². The van der Waals surface area contributed by atoms with Crippen molar-refractivity contribution >= 4 is 22.5 Å². The molecule has 0 saturated carbocycles. The molecule has 0 aliphatic rings. The number of aromatic nitrogens is 2. The number of fused-ring (bicyclic) bond motifs is 1. The van der Waals surface area contributed by atoms with Gasteiger partial charge in [-0.3, -0.25) is 0 Å². The lowest BCUT2D eigenvalue weighted by molar-refractivity contribution is -0.144. The molecule has 0 N–H and O–H groups in total. The Morgan fingerprint density at radius 1 is 0.909 bits per heavy atom. The maximum atomic E-state index is 12.9. The minimum Gasteiger partial charge on any atom is -0.438 e. The zero-order valence-corrected chi connectivity index (χ0v) is 11.7. The zero-order valence-electron chi connectivity index (χ0n) is 10.9. The molecule has 3 rings (SSSR count). The van der Waals surface area contributed by atoms with Crippen LogP contribution < -0.4 is 4.74 Å². The predicted molar refractivity (Wildman–Crippen MR) is 76.1 cm³/mol. The molecule has 0 aliphatic carbocycles. The number of rotatable bonds is 2. The molecule has 0 radical (unpaired) electrons. The normalized spacial score (nSPS) is 11.6. The van der Waals surface area contributed by atoms with E-state index in [1.807, 2.05) is 0 Å². The standard InChI is InChI=1S/C15H8ClF3N2O/c16-9-5-7-10(8-6-9)22-13-11-3-1-2-4-12(11)20-14(21-13)15(17,18)19/h1-8H. The Hall–Kier alpha value is -2.34. The van der Waals surface area contributed by atoms with Gasteiger partial charge in [-0.15, -0.1) is 0 Å². The Balaban J connectivity index is 2.12. The highest BCUT2D eigenvalue weighted by atomic mass is 35.5. The van der Waals surface area contributed by atoms with Crippen LogP contribution in [0.5, 0.6) is 11.6 Å². The van der Waals surface area contributed by atoms with Crippen molar-refractivity contribution in [3.8, 4) is 11.6 Å². The van der Waals surface area contributed by atoms with Crippen LogP contribution in [0.25, 0.3) is 10.9 Å². The highest BCUT2D eigenvalue weighted by Gasteiger charge is 2.35. The molecule has 0 fully saturated rings. The number of hydrogen-bond donors (Lipinski definition) is 0. The van der Waals surface area contributed by atoms with Crippen molar-refractivity contribution in [3.63, 3.8) is 0 Å². The molecule has 0 aliphatic heterocycles.